The van der Waals surface area contributed by atoms with Crippen molar-refractivity contribution in [3.63, 3.8) is 0 Å². The van der Waals surface area contributed by atoms with Crippen molar-refractivity contribution in [2.75, 3.05) is 6.54 Å². The van der Waals surface area contributed by atoms with Crippen molar-refractivity contribution in [1.82, 2.24) is 10.3 Å². The highest BCUT2D eigenvalue weighted by molar-refractivity contribution is 6.02. The molecule has 1 aromatic carbocycles. The molecule has 26 heavy (non-hydrogen) atoms. The number of aromatic amines is 1. The highest BCUT2D eigenvalue weighted by Gasteiger charge is 2.32. The third-order valence-corrected chi connectivity index (χ3v) is 4.73. The van der Waals surface area contributed by atoms with Crippen LogP contribution in [0.5, 0.6) is 0 Å². The molecule has 0 aliphatic heterocycles. The number of Topliss-reactive ketones (excluding diaryl/α,β-unsaturated/α-hetero) is 1. The van der Waals surface area contributed by atoms with Crippen molar-refractivity contribution in [1.29, 1.82) is 0 Å². The Labute approximate surface area is 152 Å². The number of carbonyl (C=O) groups excluding carboxylic acids is 2. The molecule has 2 N–H and O–H groups in total. The first-order valence-electron chi connectivity index (χ1n) is 8.97. The molecule has 1 aliphatic rings. The second-order valence-electron chi connectivity index (χ2n) is 7.69. The second-order valence-corrected chi connectivity index (χ2v) is 7.69. The van der Waals surface area contributed by atoms with Gasteiger partial charge in [0.05, 0.1) is 0 Å². The fraction of sp³-hybridized carbons (Fsp3) is 0.381. The molecular weight excluding hydrogens is 328 g/mol. The summed E-state index contributed by atoms with van der Waals surface area (Å²) in [6.45, 7) is 4.48. The van der Waals surface area contributed by atoms with Gasteiger partial charge in [-0.05, 0) is 36.3 Å². The van der Waals surface area contributed by atoms with E-state index in [9.17, 15) is 14.4 Å². The molecule has 0 fully saturated rings. The van der Waals surface area contributed by atoms with E-state index in [-0.39, 0.29) is 16.8 Å². The minimum Gasteiger partial charge on any atom is -0.352 e. The summed E-state index contributed by atoms with van der Waals surface area (Å²) in [7, 11) is 0. The number of aromatic nitrogens is 1. The minimum atomic E-state index is -0.435. The molecule has 2 aromatic rings. The Bertz CT molecular complexity index is 882. The number of hydrogen-bond donors (Lipinski definition) is 2. The van der Waals surface area contributed by atoms with Crippen LogP contribution in [-0.2, 0) is 12.8 Å². The van der Waals surface area contributed by atoms with Crippen molar-refractivity contribution in [2.45, 2.75) is 39.5 Å². The maximum atomic E-state index is 12.4. The zero-order chi connectivity index (χ0) is 18.7. The number of nitrogens with one attached hydrogen (secondary N) is 2. The molecule has 5 heteroatoms. The van der Waals surface area contributed by atoms with Crippen LogP contribution in [0.4, 0.5) is 0 Å². The molecule has 0 unspecified atom stereocenters. The van der Waals surface area contributed by atoms with Crippen LogP contribution >= 0.6 is 0 Å². The van der Waals surface area contributed by atoms with Gasteiger partial charge in [-0.3, -0.25) is 14.4 Å². The highest BCUT2D eigenvalue weighted by Crippen LogP contribution is 2.33. The average Bonchev–Trinajstić information content (AvgIpc) is 2.58. The molecule has 136 valence electrons. The van der Waals surface area contributed by atoms with Gasteiger partial charge in [0, 0.05) is 24.2 Å². The van der Waals surface area contributed by atoms with Crippen LogP contribution in [-0.4, -0.2) is 23.2 Å². The topological polar surface area (TPSA) is 79.0 Å². The first-order chi connectivity index (χ1) is 12.4. The lowest BCUT2D eigenvalue weighted by atomic mass is 9.75. The zero-order valence-corrected chi connectivity index (χ0v) is 15.2. The Morgan fingerprint density at radius 2 is 1.88 bits per heavy atom. The number of benzene rings is 1. The lowest BCUT2D eigenvalue weighted by molar-refractivity contribution is 0.0910. The lowest BCUT2D eigenvalue weighted by Gasteiger charge is -2.29. The van der Waals surface area contributed by atoms with Crippen LogP contribution in [0.15, 0.2) is 41.2 Å². The summed E-state index contributed by atoms with van der Waals surface area (Å²) in [6, 6.07) is 11.5. The Morgan fingerprint density at radius 3 is 2.62 bits per heavy atom. The fourth-order valence-corrected chi connectivity index (χ4v) is 3.43. The number of aryl methyl sites for hydroxylation is 1. The van der Waals surface area contributed by atoms with Crippen molar-refractivity contribution in [3.05, 3.63) is 69.1 Å². The van der Waals surface area contributed by atoms with E-state index in [0.29, 0.717) is 30.6 Å². The van der Waals surface area contributed by atoms with Crippen molar-refractivity contribution in [3.8, 4) is 0 Å². The van der Waals surface area contributed by atoms with Gasteiger partial charge in [0.1, 0.15) is 5.56 Å². The Morgan fingerprint density at radius 1 is 1.15 bits per heavy atom. The van der Waals surface area contributed by atoms with Gasteiger partial charge < -0.3 is 10.3 Å². The zero-order valence-electron chi connectivity index (χ0n) is 15.2. The van der Waals surface area contributed by atoms with Crippen LogP contribution in [0.1, 0.15) is 58.7 Å². The number of ketones is 1. The van der Waals surface area contributed by atoms with Crippen LogP contribution < -0.4 is 10.9 Å². The van der Waals surface area contributed by atoms with Crippen LogP contribution in [0, 0.1) is 5.41 Å². The molecule has 0 spiro atoms. The molecule has 0 saturated carbocycles. The molecule has 0 atom stereocenters. The normalized spacial score (nSPS) is 15.4. The van der Waals surface area contributed by atoms with Gasteiger partial charge in [-0.25, -0.2) is 0 Å². The number of rotatable bonds is 5. The number of amides is 1. The standard InChI is InChI=1S/C21H24N2O3/c1-21(2)12-17-15(18(24)13-21)11-16(20(26)23-17)19(25)22-10-6-9-14-7-4-3-5-8-14/h3-5,7-8,11H,6,9-10,12-13H2,1-2H3,(H,22,25)(H,23,26). The van der Waals surface area contributed by atoms with Gasteiger partial charge in [0.25, 0.3) is 11.5 Å². The maximum Gasteiger partial charge on any atom is 0.261 e. The van der Waals surface area contributed by atoms with Gasteiger partial charge in [0.15, 0.2) is 5.78 Å². The number of hydrogen-bond acceptors (Lipinski definition) is 3. The molecule has 1 aromatic heterocycles. The molecule has 0 bridgehead atoms. The summed E-state index contributed by atoms with van der Waals surface area (Å²) in [5.74, 6) is -0.453. The quantitative estimate of drug-likeness (QED) is 0.812. The van der Waals surface area contributed by atoms with E-state index in [4.69, 9.17) is 0 Å². The number of carbonyl (C=O) groups is 2. The highest BCUT2D eigenvalue weighted by atomic mass is 16.2. The Hall–Kier alpha value is -2.69. The van der Waals surface area contributed by atoms with Gasteiger partial charge >= 0.3 is 0 Å². The first-order valence-corrected chi connectivity index (χ1v) is 8.97. The van der Waals surface area contributed by atoms with Gasteiger partial charge in [0.2, 0.25) is 0 Å². The minimum absolute atomic E-state index is 0.0107. The third-order valence-electron chi connectivity index (χ3n) is 4.73. The fourth-order valence-electron chi connectivity index (χ4n) is 3.43. The molecule has 0 radical (unpaired) electrons. The molecule has 3 rings (SSSR count). The van der Waals surface area contributed by atoms with E-state index >= 15 is 0 Å². The van der Waals surface area contributed by atoms with E-state index in [2.05, 4.69) is 10.3 Å². The monoisotopic (exact) mass is 352 g/mol. The van der Waals surface area contributed by atoms with E-state index in [1.165, 1.54) is 11.6 Å². The number of fused-ring (bicyclic) bond motifs is 1. The van der Waals surface area contributed by atoms with Gasteiger partial charge in [-0.1, -0.05) is 44.2 Å². The number of H-pyrrole nitrogens is 1. The van der Waals surface area contributed by atoms with E-state index < -0.39 is 11.5 Å². The molecule has 1 aliphatic carbocycles. The Kier molecular flexibility index (Phi) is 5.07. The average molecular weight is 352 g/mol. The first kappa shape index (κ1) is 18.1. The van der Waals surface area contributed by atoms with Crippen molar-refractivity contribution in [2.24, 2.45) is 5.41 Å². The van der Waals surface area contributed by atoms with Crippen LogP contribution in [0.25, 0.3) is 0 Å². The smallest absolute Gasteiger partial charge is 0.261 e. The summed E-state index contributed by atoms with van der Waals surface area (Å²) in [5.41, 5.74) is 1.72. The molecule has 0 saturated heterocycles. The summed E-state index contributed by atoms with van der Waals surface area (Å²) in [5, 5.41) is 2.78. The number of pyridine rings is 1. The van der Waals surface area contributed by atoms with Gasteiger partial charge in [-0.2, -0.15) is 0 Å². The van der Waals surface area contributed by atoms with Crippen LogP contribution in [0.3, 0.4) is 0 Å². The second kappa shape index (κ2) is 7.28. The summed E-state index contributed by atoms with van der Waals surface area (Å²) < 4.78 is 0. The van der Waals surface area contributed by atoms with Crippen LogP contribution in [0.2, 0.25) is 0 Å². The van der Waals surface area contributed by atoms with E-state index in [1.54, 1.807) is 0 Å². The maximum absolute atomic E-state index is 12.4. The summed E-state index contributed by atoms with van der Waals surface area (Å²) in [6.07, 6.45) is 2.69. The molecule has 1 heterocycles. The SMILES string of the molecule is CC1(C)CC(=O)c2cc(C(=O)NCCCc3ccccc3)c(=O)[nH]c2C1. The lowest BCUT2D eigenvalue weighted by Crippen LogP contribution is -2.35. The van der Waals surface area contributed by atoms with E-state index in [1.807, 2.05) is 44.2 Å². The van der Waals surface area contributed by atoms with Gasteiger partial charge in [-0.15, -0.1) is 0 Å². The predicted molar refractivity (Wildman–Crippen MR) is 101 cm³/mol. The third kappa shape index (κ3) is 4.10. The summed E-state index contributed by atoms with van der Waals surface area (Å²) >= 11 is 0. The Balaban J connectivity index is 1.66. The molecular formula is C21H24N2O3. The van der Waals surface area contributed by atoms with Crippen molar-refractivity contribution >= 4 is 11.7 Å². The molecule has 1 amide bonds. The van der Waals surface area contributed by atoms with E-state index in [0.717, 1.165) is 12.8 Å². The largest absolute Gasteiger partial charge is 0.352 e. The van der Waals surface area contributed by atoms with Crippen molar-refractivity contribution < 1.29 is 9.59 Å². The molecule has 5 nitrogen and oxygen atoms in total. The summed E-state index contributed by atoms with van der Waals surface area (Å²) in [4.78, 5) is 39.7. The predicted octanol–water partition coefficient (Wildman–Crippen LogP) is 2.89.